The second-order valence-corrected chi connectivity index (χ2v) is 12.0. The molecule has 10 heteroatoms. The average molecular weight is 597 g/mol. The molecular formula is C33H32N4O5S. The Morgan fingerprint density at radius 2 is 1.86 bits per heavy atom. The number of carbonyl (C=O) groups is 2. The van der Waals surface area contributed by atoms with E-state index >= 15 is 0 Å². The van der Waals surface area contributed by atoms with Gasteiger partial charge >= 0.3 is 5.91 Å². The molecule has 1 N–H and O–H groups in total. The molecule has 3 aromatic heterocycles. The van der Waals surface area contributed by atoms with Crippen LogP contribution in [0.4, 0.5) is 5.13 Å². The van der Waals surface area contributed by atoms with Crippen LogP contribution in [0.25, 0.3) is 21.6 Å². The first-order chi connectivity index (χ1) is 20.7. The number of carbonyl (C=O) groups excluding carboxylic acids is 2. The van der Waals surface area contributed by atoms with Gasteiger partial charge in [0, 0.05) is 6.20 Å². The monoisotopic (exact) mass is 596 g/mol. The molecule has 1 unspecified atom stereocenters. The standard InChI is InChI=1S/C33H32N4O5S/c1-18(2)13-15-42-23-10-6-9-21(16-23)28-26(29(38)27-20(4)36-14-7-8-19(3)31(36)35-27)30(39)32(40)37(28)33-34-24-12-11-22(41-5)17-25(24)43-33/h6-12,14,16-18,28,38H,13,15H2,1-5H3. The summed E-state index contributed by atoms with van der Waals surface area (Å²) in [7, 11) is 1.58. The van der Waals surface area contributed by atoms with Crippen molar-refractivity contribution in [3.8, 4) is 11.5 Å². The summed E-state index contributed by atoms with van der Waals surface area (Å²) in [5.74, 6) is -0.173. The molecular weight excluding hydrogens is 564 g/mol. The van der Waals surface area contributed by atoms with E-state index in [1.54, 1.807) is 13.2 Å². The number of fused-ring (bicyclic) bond motifs is 2. The van der Waals surface area contributed by atoms with Gasteiger partial charge in [-0.25, -0.2) is 9.97 Å². The Kier molecular flexibility index (Phi) is 7.39. The normalized spacial score (nSPS) is 16.6. The van der Waals surface area contributed by atoms with E-state index < -0.39 is 17.7 Å². The van der Waals surface area contributed by atoms with E-state index in [0.29, 0.717) is 51.6 Å². The number of Topliss-reactive ketones (excluding diaryl/α,β-unsaturated/α-hetero) is 1. The molecule has 0 bridgehead atoms. The molecule has 0 saturated carbocycles. The lowest BCUT2D eigenvalue weighted by Gasteiger charge is -2.23. The number of anilines is 1. The molecule has 1 saturated heterocycles. The highest BCUT2D eigenvalue weighted by molar-refractivity contribution is 7.22. The molecule has 220 valence electrons. The number of nitrogens with zero attached hydrogens (tertiary/aromatic N) is 4. The molecule has 1 aliphatic heterocycles. The second kappa shape index (κ2) is 11.2. The van der Waals surface area contributed by atoms with Crippen LogP contribution < -0.4 is 14.4 Å². The van der Waals surface area contributed by atoms with Crippen molar-refractivity contribution in [3.63, 3.8) is 0 Å². The molecule has 0 aliphatic carbocycles. The zero-order valence-corrected chi connectivity index (χ0v) is 25.4. The van der Waals surface area contributed by atoms with E-state index in [1.807, 2.05) is 73.0 Å². The Morgan fingerprint density at radius 1 is 1.05 bits per heavy atom. The zero-order chi connectivity index (χ0) is 30.4. The molecule has 9 nitrogen and oxygen atoms in total. The fourth-order valence-electron chi connectivity index (χ4n) is 5.33. The lowest BCUT2D eigenvalue weighted by Crippen LogP contribution is -2.29. The van der Waals surface area contributed by atoms with E-state index in [1.165, 1.54) is 16.2 Å². The van der Waals surface area contributed by atoms with E-state index in [4.69, 9.17) is 19.4 Å². The lowest BCUT2D eigenvalue weighted by atomic mass is 9.96. The first-order valence-electron chi connectivity index (χ1n) is 14.1. The van der Waals surface area contributed by atoms with Crippen LogP contribution in [-0.2, 0) is 9.59 Å². The van der Waals surface area contributed by atoms with E-state index in [9.17, 15) is 14.7 Å². The first kappa shape index (κ1) is 28.4. The summed E-state index contributed by atoms with van der Waals surface area (Å²) in [6, 6.07) is 15.6. The Balaban J connectivity index is 1.53. The molecule has 1 fully saturated rings. The van der Waals surface area contributed by atoms with Crippen molar-refractivity contribution >= 4 is 49.8 Å². The maximum Gasteiger partial charge on any atom is 0.301 e. The van der Waals surface area contributed by atoms with Gasteiger partial charge in [0.05, 0.1) is 41.2 Å². The highest BCUT2D eigenvalue weighted by Crippen LogP contribution is 2.45. The van der Waals surface area contributed by atoms with Gasteiger partial charge in [-0.05, 0) is 73.7 Å². The minimum Gasteiger partial charge on any atom is -0.505 e. The molecule has 43 heavy (non-hydrogen) atoms. The average Bonchev–Trinajstić information content (AvgIpc) is 3.64. The molecule has 5 aromatic rings. The van der Waals surface area contributed by atoms with Gasteiger partial charge in [0.25, 0.3) is 5.78 Å². The molecule has 1 amide bonds. The van der Waals surface area contributed by atoms with Crippen LogP contribution in [0.1, 0.15) is 48.8 Å². The van der Waals surface area contributed by atoms with Crippen molar-refractivity contribution in [1.82, 2.24) is 14.4 Å². The number of hydrogen-bond donors (Lipinski definition) is 1. The first-order valence-corrected chi connectivity index (χ1v) is 14.9. The molecule has 4 heterocycles. The maximum atomic E-state index is 13.8. The number of imidazole rings is 1. The summed E-state index contributed by atoms with van der Waals surface area (Å²) in [5, 5.41) is 12.1. The number of amides is 1. The van der Waals surface area contributed by atoms with Crippen LogP contribution in [0.15, 0.2) is 66.4 Å². The number of pyridine rings is 1. The van der Waals surface area contributed by atoms with Gasteiger partial charge in [-0.1, -0.05) is 43.4 Å². The van der Waals surface area contributed by atoms with Crippen LogP contribution in [-0.4, -0.2) is 44.9 Å². The van der Waals surface area contributed by atoms with Crippen LogP contribution >= 0.6 is 11.3 Å². The van der Waals surface area contributed by atoms with Gasteiger partial charge in [-0.3, -0.25) is 14.5 Å². The van der Waals surface area contributed by atoms with Crippen LogP contribution in [0, 0.1) is 19.8 Å². The van der Waals surface area contributed by atoms with Crippen molar-refractivity contribution < 1.29 is 24.2 Å². The number of aliphatic hydroxyl groups is 1. The highest BCUT2D eigenvalue weighted by atomic mass is 32.1. The Hall–Kier alpha value is -4.70. The van der Waals surface area contributed by atoms with Crippen LogP contribution in [0.5, 0.6) is 11.5 Å². The number of rotatable bonds is 8. The third-order valence-corrected chi connectivity index (χ3v) is 8.70. The fraction of sp³-hybridized carbons (Fsp3) is 0.273. The highest BCUT2D eigenvalue weighted by Gasteiger charge is 2.48. The molecule has 0 spiro atoms. The third-order valence-electron chi connectivity index (χ3n) is 7.68. The Bertz CT molecular complexity index is 1920. The summed E-state index contributed by atoms with van der Waals surface area (Å²) in [6.45, 7) is 8.54. The molecule has 6 rings (SSSR count). The molecule has 1 aliphatic rings. The van der Waals surface area contributed by atoms with Crippen LogP contribution in [0.2, 0.25) is 0 Å². The van der Waals surface area contributed by atoms with Gasteiger partial charge in [-0.15, -0.1) is 0 Å². The summed E-state index contributed by atoms with van der Waals surface area (Å²) in [4.78, 5) is 38.4. The van der Waals surface area contributed by atoms with Gasteiger partial charge in [-0.2, -0.15) is 0 Å². The SMILES string of the molecule is COc1ccc2nc(N3C(=O)C(=O)C(=C(O)c4nc5c(C)cccn5c4C)C3c3cccc(OCCC(C)C)c3)sc2c1. The number of ketones is 1. The number of aromatic nitrogens is 3. The van der Waals surface area contributed by atoms with Gasteiger partial charge < -0.3 is 19.0 Å². The van der Waals surface area contributed by atoms with E-state index in [0.717, 1.165) is 16.7 Å². The number of thiazole rings is 1. The summed E-state index contributed by atoms with van der Waals surface area (Å²) in [5.41, 5.74) is 3.70. The second-order valence-electron chi connectivity index (χ2n) is 11.0. The molecule has 2 aromatic carbocycles. The fourth-order valence-corrected chi connectivity index (χ4v) is 6.35. The number of aryl methyl sites for hydroxylation is 2. The molecule has 0 radical (unpaired) electrons. The van der Waals surface area contributed by atoms with Crippen LogP contribution in [0.3, 0.4) is 0 Å². The van der Waals surface area contributed by atoms with Crippen molar-refractivity contribution in [3.05, 3.63) is 88.9 Å². The number of ether oxygens (including phenoxy) is 2. The van der Waals surface area contributed by atoms with E-state index in [2.05, 4.69) is 13.8 Å². The van der Waals surface area contributed by atoms with Gasteiger partial charge in [0.2, 0.25) is 0 Å². The number of hydrogen-bond acceptors (Lipinski definition) is 8. The minimum absolute atomic E-state index is 0.0506. The Morgan fingerprint density at radius 3 is 2.60 bits per heavy atom. The number of methoxy groups -OCH3 is 1. The number of aliphatic hydroxyl groups excluding tert-OH is 1. The van der Waals surface area contributed by atoms with Crippen molar-refractivity contribution in [2.45, 2.75) is 40.2 Å². The number of benzene rings is 2. The minimum atomic E-state index is -0.957. The van der Waals surface area contributed by atoms with Crippen molar-refractivity contribution in [2.75, 3.05) is 18.6 Å². The summed E-state index contributed by atoms with van der Waals surface area (Å²) < 4.78 is 14.1. The Labute approximate surface area is 253 Å². The summed E-state index contributed by atoms with van der Waals surface area (Å²) in [6.07, 6.45) is 2.73. The smallest absolute Gasteiger partial charge is 0.301 e. The predicted octanol–water partition coefficient (Wildman–Crippen LogP) is 6.62. The largest absolute Gasteiger partial charge is 0.505 e. The van der Waals surface area contributed by atoms with Crippen molar-refractivity contribution in [1.29, 1.82) is 0 Å². The van der Waals surface area contributed by atoms with Gasteiger partial charge in [0.1, 0.15) is 22.8 Å². The van der Waals surface area contributed by atoms with Gasteiger partial charge in [0.15, 0.2) is 10.9 Å². The summed E-state index contributed by atoms with van der Waals surface area (Å²) >= 11 is 1.27. The van der Waals surface area contributed by atoms with Crippen molar-refractivity contribution in [2.24, 2.45) is 5.92 Å². The maximum absolute atomic E-state index is 13.8. The lowest BCUT2D eigenvalue weighted by molar-refractivity contribution is -0.132. The van der Waals surface area contributed by atoms with E-state index in [-0.39, 0.29) is 17.0 Å². The predicted molar refractivity (Wildman–Crippen MR) is 167 cm³/mol. The third kappa shape index (κ3) is 5.01. The zero-order valence-electron chi connectivity index (χ0n) is 24.6. The molecule has 1 atom stereocenters. The quantitative estimate of drug-likeness (QED) is 0.122. The topological polar surface area (TPSA) is 106 Å².